The minimum atomic E-state index is -0.539. The summed E-state index contributed by atoms with van der Waals surface area (Å²) in [4.78, 5) is 26.8. The zero-order valence-electron chi connectivity index (χ0n) is 15.9. The largest absolute Gasteiger partial charge is 0.352 e. The summed E-state index contributed by atoms with van der Waals surface area (Å²) < 4.78 is 0. The number of carbonyl (C=O) groups excluding carboxylic acids is 1. The standard InChI is InChI=1S/C21H18ClN5O3/c22-18-14-16(27(29)30)6-7-17(18)21(28)26-12-10-25(11-13-26)20-9-8-19(23-24-20)15-4-2-1-3-5-15/h1-9,14H,10-13H2. The zero-order valence-corrected chi connectivity index (χ0v) is 16.7. The van der Waals surface area contributed by atoms with E-state index in [4.69, 9.17) is 11.6 Å². The van der Waals surface area contributed by atoms with E-state index in [0.29, 0.717) is 26.2 Å². The number of hydrogen-bond donors (Lipinski definition) is 0. The van der Waals surface area contributed by atoms with E-state index in [9.17, 15) is 14.9 Å². The fraction of sp³-hybridized carbons (Fsp3) is 0.190. The lowest BCUT2D eigenvalue weighted by Gasteiger charge is -2.35. The van der Waals surface area contributed by atoms with Crippen molar-refractivity contribution in [3.8, 4) is 11.3 Å². The molecule has 1 fully saturated rings. The van der Waals surface area contributed by atoms with Crippen LogP contribution in [0.2, 0.25) is 5.02 Å². The number of non-ortho nitro benzene ring substituents is 1. The van der Waals surface area contributed by atoms with Gasteiger partial charge in [0.2, 0.25) is 0 Å². The van der Waals surface area contributed by atoms with Crippen LogP contribution in [0.1, 0.15) is 10.4 Å². The monoisotopic (exact) mass is 423 g/mol. The maximum atomic E-state index is 12.8. The number of amides is 1. The first kappa shape index (κ1) is 19.8. The molecule has 4 rings (SSSR count). The third-order valence-electron chi connectivity index (χ3n) is 5.00. The summed E-state index contributed by atoms with van der Waals surface area (Å²) in [6.07, 6.45) is 0. The van der Waals surface area contributed by atoms with Crippen LogP contribution in [-0.2, 0) is 0 Å². The number of nitro benzene ring substituents is 1. The number of anilines is 1. The molecule has 1 saturated heterocycles. The second kappa shape index (κ2) is 8.46. The number of benzene rings is 2. The van der Waals surface area contributed by atoms with Gasteiger partial charge in [-0.15, -0.1) is 10.2 Å². The van der Waals surface area contributed by atoms with Gasteiger partial charge in [0.25, 0.3) is 11.6 Å². The van der Waals surface area contributed by atoms with E-state index >= 15 is 0 Å². The Bertz CT molecular complexity index is 1070. The Hall–Kier alpha value is -3.52. The lowest BCUT2D eigenvalue weighted by Crippen LogP contribution is -2.49. The summed E-state index contributed by atoms with van der Waals surface area (Å²) in [5, 5.41) is 19.6. The smallest absolute Gasteiger partial charge is 0.270 e. The first-order chi connectivity index (χ1) is 14.5. The van der Waals surface area contributed by atoms with E-state index < -0.39 is 4.92 Å². The lowest BCUT2D eigenvalue weighted by molar-refractivity contribution is -0.384. The number of piperazine rings is 1. The van der Waals surface area contributed by atoms with E-state index in [-0.39, 0.29) is 22.2 Å². The molecule has 0 aliphatic carbocycles. The summed E-state index contributed by atoms with van der Waals surface area (Å²) in [6.45, 7) is 2.20. The highest BCUT2D eigenvalue weighted by Crippen LogP contribution is 2.25. The molecule has 0 N–H and O–H groups in total. The van der Waals surface area contributed by atoms with Crippen LogP contribution in [-0.4, -0.2) is 52.1 Å². The van der Waals surface area contributed by atoms with Gasteiger partial charge in [0.05, 0.1) is 21.2 Å². The molecule has 0 bridgehead atoms. The molecule has 3 aromatic rings. The lowest BCUT2D eigenvalue weighted by atomic mass is 10.1. The molecule has 152 valence electrons. The minimum Gasteiger partial charge on any atom is -0.352 e. The van der Waals surface area contributed by atoms with Crippen LogP contribution in [0.15, 0.2) is 60.7 Å². The Morgan fingerprint density at radius 2 is 1.70 bits per heavy atom. The molecule has 0 spiro atoms. The first-order valence-electron chi connectivity index (χ1n) is 9.40. The minimum absolute atomic E-state index is 0.0824. The number of hydrogen-bond acceptors (Lipinski definition) is 6. The maximum Gasteiger partial charge on any atom is 0.270 e. The Balaban J connectivity index is 1.40. The predicted molar refractivity (Wildman–Crippen MR) is 114 cm³/mol. The van der Waals surface area contributed by atoms with Gasteiger partial charge in [-0.25, -0.2) is 0 Å². The van der Waals surface area contributed by atoms with Gasteiger partial charge in [0, 0.05) is 43.9 Å². The number of halogens is 1. The summed E-state index contributed by atoms with van der Waals surface area (Å²) in [7, 11) is 0. The molecule has 0 atom stereocenters. The van der Waals surface area contributed by atoms with Gasteiger partial charge in [0.1, 0.15) is 0 Å². The normalized spacial score (nSPS) is 13.9. The van der Waals surface area contributed by atoms with Crippen molar-refractivity contribution in [3.05, 3.63) is 81.4 Å². The molecule has 2 aromatic carbocycles. The Morgan fingerprint density at radius 1 is 0.967 bits per heavy atom. The molecule has 0 saturated carbocycles. The van der Waals surface area contributed by atoms with Gasteiger partial charge in [-0.05, 0) is 18.2 Å². The number of aromatic nitrogens is 2. The van der Waals surface area contributed by atoms with E-state index in [1.165, 1.54) is 18.2 Å². The van der Waals surface area contributed by atoms with Crippen molar-refractivity contribution in [1.29, 1.82) is 0 Å². The van der Waals surface area contributed by atoms with Gasteiger partial charge in [0.15, 0.2) is 5.82 Å². The van der Waals surface area contributed by atoms with Crippen LogP contribution >= 0.6 is 11.6 Å². The fourth-order valence-corrected chi connectivity index (χ4v) is 3.61. The Kier molecular flexibility index (Phi) is 5.58. The van der Waals surface area contributed by atoms with Crippen molar-refractivity contribution < 1.29 is 9.72 Å². The van der Waals surface area contributed by atoms with E-state index in [2.05, 4.69) is 15.1 Å². The van der Waals surface area contributed by atoms with Gasteiger partial charge >= 0.3 is 0 Å². The molecule has 1 aromatic heterocycles. The molecule has 30 heavy (non-hydrogen) atoms. The highest BCUT2D eigenvalue weighted by molar-refractivity contribution is 6.34. The number of nitrogens with zero attached hydrogens (tertiary/aromatic N) is 5. The van der Waals surface area contributed by atoms with Gasteiger partial charge in [-0.1, -0.05) is 41.9 Å². The van der Waals surface area contributed by atoms with Gasteiger partial charge in [-0.2, -0.15) is 0 Å². The summed E-state index contributed by atoms with van der Waals surface area (Å²) in [6, 6.07) is 17.6. The topological polar surface area (TPSA) is 92.5 Å². The van der Waals surface area contributed by atoms with E-state index in [0.717, 1.165) is 17.1 Å². The SMILES string of the molecule is O=C(c1ccc([N+](=O)[O-])cc1Cl)N1CCN(c2ccc(-c3ccccc3)nn2)CC1. The van der Waals surface area contributed by atoms with Crippen LogP contribution in [0.25, 0.3) is 11.3 Å². The van der Waals surface area contributed by atoms with Crippen molar-refractivity contribution in [2.45, 2.75) is 0 Å². The molecule has 8 nitrogen and oxygen atoms in total. The van der Waals surface area contributed by atoms with Crippen molar-refractivity contribution >= 4 is 29.0 Å². The van der Waals surface area contributed by atoms with Gasteiger partial charge in [-0.3, -0.25) is 14.9 Å². The van der Waals surface area contributed by atoms with Crippen LogP contribution in [0.3, 0.4) is 0 Å². The van der Waals surface area contributed by atoms with Crippen molar-refractivity contribution in [2.75, 3.05) is 31.1 Å². The van der Waals surface area contributed by atoms with E-state index in [1.807, 2.05) is 42.5 Å². The zero-order chi connectivity index (χ0) is 21.1. The van der Waals surface area contributed by atoms with Crippen LogP contribution in [0, 0.1) is 10.1 Å². The van der Waals surface area contributed by atoms with Crippen molar-refractivity contribution in [3.63, 3.8) is 0 Å². The quantitative estimate of drug-likeness (QED) is 0.469. The molecular formula is C21H18ClN5O3. The molecule has 0 unspecified atom stereocenters. The second-order valence-electron chi connectivity index (χ2n) is 6.84. The molecule has 1 amide bonds. The molecule has 0 radical (unpaired) electrons. The molecule has 2 heterocycles. The van der Waals surface area contributed by atoms with Crippen LogP contribution in [0.5, 0.6) is 0 Å². The summed E-state index contributed by atoms with van der Waals surface area (Å²) in [5.41, 5.74) is 1.94. The van der Waals surface area contributed by atoms with Crippen molar-refractivity contribution in [1.82, 2.24) is 15.1 Å². The fourth-order valence-electron chi connectivity index (χ4n) is 3.36. The molecule has 9 heteroatoms. The van der Waals surface area contributed by atoms with Crippen LogP contribution in [0.4, 0.5) is 11.5 Å². The maximum absolute atomic E-state index is 12.8. The third kappa shape index (κ3) is 4.08. The highest BCUT2D eigenvalue weighted by Gasteiger charge is 2.25. The predicted octanol–water partition coefficient (Wildman–Crippen LogP) is 3.67. The summed E-state index contributed by atoms with van der Waals surface area (Å²) in [5.74, 6) is 0.523. The molecule has 1 aliphatic heterocycles. The van der Waals surface area contributed by atoms with Crippen molar-refractivity contribution in [2.24, 2.45) is 0 Å². The first-order valence-corrected chi connectivity index (χ1v) is 9.78. The summed E-state index contributed by atoms with van der Waals surface area (Å²) >= 11 is 6.10. The Labute approximate surface area is 177 Å². The average Bonchev–Trinajstić information content (AvgIpc) is 2.79. The van der Waals surface area contributed by atoms with E-state index in [1.54, 1.807) is 4.90 Å². The molecule has 1 aliphatic rings. The number of rotatable bonds is 4. The van der Waals surface area contributed by atoms with Gasteiger partial charge < -0.3 is 9.80 Å². The highest BCUT2D eigenvalue weighted by atomic mass is 35.5. The van der Waals surface area contributed by atoms with Crippen LogP contribution < -0.4 is 4.90 Å². The second-order valence-corrected chi connectivity index (χ2v) is 7.25. The Morgan fingerprint density at radius 3 is 2.30 bits per heavy atom. The molecular weight excluding hydrogens is 406 g/mol. The number of nitro groups is 1. The number of carbonyl (C=O) groups is 1. The third-order valence-corrected chi connectivity index (χ3v) is 5.32. The average molecular weight is 424 g/mol.